The number of esters is 10. The van der Waals surface area contributed by atoms with Crippen molar-refractivity contribution in [1.29, 1.82) is 0 Å². The molecule has 0 aliphatic carbocycles. The number of phenols is 10. The minimum Gasteiger partial charge on any atom is -0.507 e. The van der Waals surface area contributed by atoms with Crippen LogP contribution in [0.4, 0.5) is 0 Å². The van der Waals surface area contributed by atoms with E-state index in [1.54, 1.807) is 135 Å². The number of aliphatic hydroxyl groups excluding tert-OH is 4. The van der Waals surface area contributed by atoms with Gasteiger partial charge in [0.15, 0.2) is 0 Å². The van der Waals surface area contributed by atoms with E-state index in [-0.39, 0.29) is 186 Å². The molecule has 652 valence electrons. The Morgan fingerprint density at radius 1 is 0.228 bits per heavy atom. The van der Waals surface area contributed by atoms with E-state index in [1.807, 2.05) is 0 Å². The number of ether oxygens (including phenoxy) is 10. The molecule has 0 aliphatic heterocycles. The van der Waals surface area contributed by atoms with Gasteiger partial charge >= 0.3 is 59.7 Å². The molecule has 10 aromatic carbocycles. The van der Waals surface area contributed by atoms with Gasteiger partial charge in [0.1, 0.15) is 158 Å². The molecular formula is C89H92O34. The lowest BCUT2D eigenvalue weighted by atomic mass is 10.2. The molecule has 0 radical (unpaired) electrons. The highest BCUT2D eigenvalue weighted by Gasteiger charge is 2.22. The van der Waals surface area contributed by atoms with Crippen molar-refractivity contribution in [1.82, 2.24) is 0 Å². The van der Waals surface area contributed by atoms with Crippen LogP contribution in [0.5, 0.6) is 57.5 Å². The molecule has 34 heteroatoms. The van der Waals surface area contributed by atoms with Crippen LogP contribution in [0, 0.1) is 0 Å². The van der Waals surface area contributed by atoms with Crippen molar-refractivity contribution in [3.63, 3.8) is 0 Å². The van der Waals surface area contributed by atoms with Crippen LogP contribution in [-0.4, -0.2) is 222 Å². The van der Waals surface area contributed by atoms with Crippen LogP contribution in [-0.2, 0) is 47.4 Å². The molecule has 0 heterocycles. The standard InChI is InChI=1S/2C17H16O6.C16H14O6.3C10H12O4.C9H10O4/c1-11(23-17(21)13-7-3-5-9-15(13)19)10-22-16(20)12-6-2-4-8-14(12)18;18-14-8-3-1-6-12(14)16(20)22-10-5-11-23-17(21)13-7-2-4-9-15(13)19;17-13-7-3-1-5-11(13)15(19)21-9-10-22-16(20)12-6-2-4-8-14(12)18;1-7(11)6-14-10(13)8-4-2-3-5-9(8)12;1-7(6-11)14-10(13)8-4-2-3-5-9(8)12;11-6-3-7-14-10(13)8-4-1-2-5-9(8)12;10-5-6-13-9(12)7-3-1-2-4-8(7)11/h2-9,11,18-19H,10H2,1H3;1-4,6-9,18-19H,5,10-11H2;1-8,17-18H,9-10H2;2*2-5,7,11-12H,6H2,1H3;1-2,4-5,11-12H,3,6-7H2;1-4,10-11H,5-6H2. The van der Waals surface area contributed by atoms with Crippen LogP contribution in [0.15, 0.2) is 243 Å². The number of aromatic hydroxyl groups is 10. The molecule has 10 aromatic rings. The topological polar surface area (TPSA) is 546 Å². The van der Waals surface area contributed by atoms with Crippen LogP contribution < -0.4 is 0 Å². The second-order valence-electron chi connectivity index (χ2n) is 24.8. The lowest BCUT2D eigenvalue weighted by Gasteiger charge is -2.14. The van der Waals surface area contributed by atoms with Crippen LogP contribution in [0.3, 0.4) is 0 Å². The Balaban J connectivity index is 0.000000305. The largest absolute Gasteiger partial charge is 0.507 e. The van der Waals surface area contributed by atoms with Gasteiger partial charge in [-0.3, -0.25) is 0 Å². The lowest BCUT2D eigenvalue weighted by Crippen LogP contribution is -2.22. The van der Waals surface area contributed by atoms with E-state index in [9.17, 15) is 99.0 Å². The quantitative estimate of drug-likeness (QED) is 0.0118. The molecule has 0 amide bonds. The summed E-state index contributed by atoms with van der Waals surface area (Å²) in [5.41, 5.74) is 0.766. The normalized spacial score (nSPS) is 10.7. The SMILES string of the molecule is CC(CO)OC(=O)c1ccccc1O.CC(COC(=O)c1ccccc1O)OC(=O)c1ccccc1O.CC(O)COC(=O)c1ccccc1O.O=C(OCCCO)c1ccccc1O.O=C(OCCCOC(=O)c1ccccc1O)c1ccccc1O.O=C(OCCO)c1ccccc1O.O=C(OCCOC(=O)c1ccccc1O)c1ccccc1O. The summed E-state index contributed by atoms with van der Waals surface area (Å²) >= 11 is 0. The third kappa shape index (κ3) is 36.7. The lowest BCUT2D eigenvalue weighted by molar-refractivity contribution is 0.00413. The summed E-state index contributed by atoms with van der Waals surface area (Å²) < 4.78 is 48.8. The van der Waals surface area contributed by atoms with Gasteiger partial charge in [-0.05, 0) is 142 Å². The fraction of sp³-hybridized carbons (Fsp3) is 0.213. The Kier molecular flexibility index (Phi) is 45.1. The van der Waals surface area contributed by atoms with Crippen molar-refractivity contribution in [2.75, 3.05) is 72.7 Å². The molecule has 14 N–H and O–H groups in total. The maximum atomic E-state index is 11.9. The zero-order chi connectivity index (χ0) is 90.6. The van der Waals surface area contributed by atoms with Gasteiger partial charge in [0.25, 0.3) is 0 Å². The Bertz CT molecular complexity index is 4900. The summed E-state index contributed by atoms with van der Waals surface area (Å²) in [4.78, 5) is 115. The fourth-order valence-electron chi connectivity index (χ4n) is 9.06. The molecule has 0 saturated carbocycles. The summed E-state index contributed by atoms with van der Waals surface area (Å²) in [5.74, 6) is -8.10. The Morgan fingerprint density at radius 2 is 0.415 bits per heavy atom. The first-order valence-corrected chi connectivity index (χ1v) is 37.0. The average molecular weight is 1710 g/mol. The molecule has 10 rings (SSSR count). The molecule has 0 aliphatic rings. The first-order valence-electron chi connectivity index (χ1n) is 37.0. The van der Waals surface area contributed by atoms with Gasteiger partial charge in [-0.15, -0.1) is 0 Å². The summed E-state index contributed by atoms with van der Waals surface area (Å²) in [6.07, 6.45) is -1.28. The summed E-state index contributed by atoms with van der Waals surface area (Å²) in [6, 6.07) is 60.5. The van der Waals surface area contributed by atoms with Gasteiger partial charge < -0.3 is 119 Å². The number of carbonyl (C=O) groups is 10. The Morgan fingerprint density at radius 3 is 0.626 bits per heavy atom. The highest BCUT2D eigenvalue weighted by atomic mass is 16.6. The smallest absolute Gasteiger partial charge is 0.342 e. The van der Waals surface area contributed by atoms with Crippen molar-refractivity contribution in [3.05, 3.63) is 298 Å². The van der Waals surface area contributed by atoms with Crippen LogP contribution in [0.2, 0.25) is 0 Å². The minimum atomic E-state index is -0.714. The number of para-hydroxylation sites is 10. The zero-order valence-electron chi connectivity index (χ0n) is 66.4. The summed E-state index contributed by atoms with van der Waals surface area (Å²) in [7, 11) is 0. The van der Waals surface area contributed by atoms with Gasteiger partial charge in [-0.1, -0.05) is 121 Å². The number of hydrogen-bond donors (Lipinski definition) is 14. The van der Waals surface area contributed by atoms with Crippen LogP contribution in [0.25, 0.3) is 0 Å². The highest BCUT2D eigenvalue weighted by molar-refractivity contribution is 5.97. The number of phenolic OH excluding ortho intramolecular Hbond substituents is 10. The minimum absolute atomic E-state index is 0.0198. The van der Waals surface area contributed by atoms with Gasteiger partial charge in [0.2, 0.25) is 0 Å². The zero-order valence-corrected chi connectivity index (χ0v) is 66.4. The third-order valence-corrected chi connectivity index (χ3v) is 15.2. The second-order valence-corrected chi connectivity index (χ2v) is 24.8. The van der Waals surface area contributed by atoms with Gasteiger partial charge in [-0.25, -0.2) is 47.9 Å². The van der Waals surface area contributed by atoms with Gasteiger partial charge in [0.05, 0.1) is 39.1 Å². The van der Waals surface area contributed by atoms with Crippen molar-refractivity contribution < 1.29 is 167 Å². The molecule has 0 saturated heterocycles. The molecule has 0 bridgehead atoms. The Hall–Kier alpha value is -15.3. The second kappa shape index (κ2) is 55.4. The van der Waals surface area contributed by atoms with Crippen molar-refractivity contribution in [2.24, 2.45) is 0 Å². The maximum absolute atomic E-state index is 11.9. The molecule has 0 spiro atoms. The molecule has 3 unspecified atom stereocenters. The number of carbonyl (C=O) groups excluding carboxylic acids is 10. The van der Waals surface area contributed by atoms with Gasteiger partial charge in [0, 0.05) is 19.4 Å². The Labute approximate surface area is 703 Å². The van der Waals surface area contributed by atoms with Gasteiger partial charge in [-0.2, -0.15) is 0 Å². The maximum Gasteiger partial charge on any atom is 0.342 e. The molecular weight excluding hydrogens is 1610 g/mol. The van der Waals surface area contributed by atoms with E-state index in [0.717, 1.165) is 0 Å². The molecule has 3 atom stereocenters. The predicted octanol–water partition coefficient (Wildman–Crippen LogP) is 10.4. The number of hydrogen-bond acceptors (Lipinski definition) is 34. The predicted molar refractivity (Wildman–Crippen MR) is 435 cm³/mol. The van der Waals surface area contributed by atoms with E-state index in [4.69, 9.17) is 63.1 Å². The van der Waals surface area contributed by atoms with Crippen molar-refractivity contribution >= 4 is 59.7 Å². The third-order valence-electron chi connectivity index (χ3n) is 15.2. The van der Waals surface area contributed by atoms with E-state index < -0.39 is 78.0 Å². The van der Waals surface area contributed by atoms with Crippen LogP contribution in [0.1, 0.15) is 137 Å². The van der Waals surface area contributed by atoms with E-state index in [1.165, 1.54) is 128 Å². The summed E-state index contributed by atoms with van der Waals surface area (Å²) in [5, 5.41) is 129. The summed E-state index contributed by atoms with van der Waals surface area (Å²) in [6.45, 7) is 3.76. The average Bonchev–Trinajstić information content (AvgIpc) is 0.862. The monoisotopic (exact) mass is 1700 g/mol. The first-order chi connectivity index (χ1) is 58.9. The number of benzene rings is 10. The highest BCUT2D eigenvalue weighted by Crippen LogP contribution is 2.25. The van der Waals surface area contributed by atoms with Crippen molar-refractivity contribution in [3.8, 4) is 57.5 Å². The van der Waals surface area contributed by atoms with E-state index in [0.29, 0.717) is 12.8 Å². The fourth-order valence-corrected chi connectivity index (χ4v) is 9.06. The number of rotatable bonds is 29. The molecule has 34 nitrogen and oxygen atoms in total. The van der Waals surface area contributed by atoms with E-state index >= 15 is 0 Å². The molecule has 0 aromatic heterocycles. The number of aliphatic hydroxyl groups is 4. The molecule has 0 fully saturated rings. The first kappa shape index (κ1) is 100. The molecule has 123 heavy (non-hydrogen) atoms. The van der Waals surface area contributed by atoms with E-state index in [2.05, 4.69) is 4.74 Å². The van der Waals surface area contributed by atoms with Crippen molar-refractivity contribution in [2.45, 2.75) is 51.9 Å². The van der Waals surface area contributed by atoms with Crippen LogP contribution >= 0.6 is 0 Å².